The van der Waals surface area contributed by atoms with Gasteiger partial charge in [0, 0.05) is 24.6 Å². The molecule has 9 heteroatoms. The molecule has 2 heterocycles. The molecule has 0 spiro atoms. The number of nitrogens with zero attached hydrogens (tertiary/aromatic N) is 4. The maximum Gasteiger partial charge on any atom is 0.414 e. The van der Waals surface area contributed by atoms with Gasteiger partial charge in [-0.3, -0.25) is 9.36 Å². The van der Waals surface area contributed by atoms with Gasteiger partial charge in [-0.1, -0.05) is 0 Å². The van der Waals surface area contributed by atoms with Crippen LogP contribution in [0.3, 0.4) is 0 Å². The van der Waals surface area contributed by atoms with Crippen LogP contribution in [0, 0.1) is 10.1 Å². The summed E-state index contributed by atoms with van der Waals surface area (Å²) >= 11 is 0. The van der Waals surface area contributed by atoms with E-state index in [-0.39, 0.29) is 5.82 Å². The summed E-state index contributed by atoms with van der Waals surface area (Å²) in [5.74, 6) is -0.158. The monoisotopic (exact) mass is 286 g/mol. The summed E-state index contributed by atoms with van der Waals surface area (Å²) < 4.78 is 11.2. The number of carbonyl (C=O) groups is 1. The first-order valence-electron chi connectivity index (χ1n) is 6.16. The van der Waals surface area contributed by atoms with Crippen molar-refractivity contribution in [3.05, 3.63) is 16.3 Å². The highest BCUT2D eigenvalue weighted by molar-refractivity contribution is 5.36. The molecular formula is C11H18N4O5. The van der Waals surface area contributed by atoms with E-state index >= 15 is 0 Å². The molecule has 1 aliphatic rings. The number of likely N-dealkylation sites (N-methyl/N-ethyl adjacent to an activating group) is 1. The van der Waals surface area contributed by atoms with Crippen LogP contribution in [0.2, 0.25) is 0 Å². The highest BCUT2D eigenvalue weighted by atomic mass is 16.6. The number of hydrogen-bond donors (Lipinski definition) is 0. The van der Waals surface area contributed by atoms with Gasteiger partial charge in [0.2, 0.25) is 0 Å². The van der Waals surface area contributed by atoms with Gasteiger partial charge in [-0.05, 0) is 18.9 Å². The molecule has 0 unspecified atom stereocenters. The second-order valence-electron chi connectivity index (χ2n) is 4.04. The lowest BCUT2D eigenvalue weighted by atomic mass is 10.5. The SMILES string of the molecule is CCOC=O.CN1CCOc2nc([N+](=O)[O-])cn2CC1. The summed E-state index contributed by atoms with van der Waals surface area (Å²) in [5.41, 5.74) is 0. The predicted molar refractivity (Wildman–Crippen MR) is 69.6 cm³/mol. The molecular weight excluding hydrogens is 268 g/mol. The van der Waals surface area contributed by atoms with Gasteiger partial charge in [-0.25, -0.2) is 0 Å². The molecule has 1 aromatic heterocycles. The average Bonchev–Trinajstić information content (AvgIpc) is 2.79. The van der Waals surface area contributed by atoms with Gasteiger partial charge >= 0.3 is 11.8 Å². The summed E-state index contributed by atoms with van der Waals surface area (Å²) in [7, 11) is 1.99. The zero-order valence-electron chi connectivity index (χ0n) is 11.5. The Labute approximate surface area is 116 Å². The van der Waals surface area contributed by atoms with Gasteiger partial charge in [0.25, 0.3) is 6.47 Å². The van der Waals surface area contributed by atoms with Crippen molar-refractivity contribution in [3.63, 3.8) is 0 Å². The number of carbonyl (C=O) groups excluding carboxylic acids is 1. The van der Waals surface area contributed by atoms with Crippen molar-refractivity contribution >= 4 is 12.3 Å². The fourth-order valence-electron chi connectivity index (χ4n) is 1.50. The van der Waals surface area contributed by atoms with E-state index in [0.717, 1.165) is 13.1 Å². The Hall–Kier alpha value is -2.16. The molecule has 0 saturated carbocycles. The fraction of sp³-hybridized carbons (Fsp3) is 0.636. The van der Waals surface area contributed by atoms with Crippen LogP contribution in [-0.4, -0.2) is 59.2 Å². The first-order chi connectivity index (χ1) is 9.58. The zero-order valence-corrected chi connectivity index (χ0v) is 11.5. The summed E-state index contributed by atoms with van der Waals surface area (Å²) in [6.45, 7) is 5.47. The standard InChI is InChI=1S/C8H12N4O3.C3H6O2/c1-10-2-3-11-6-7(12(13)14)9-8(11)15-5-4-10;1-2-5-3-4/h6H,2-5H2,1H3;3H,2H2,1H3. The number of ether oxygens (including phenoxy) is 2. The van der Waals surface area contributed by atoms with Crippen molar-refractivity contribution in [1.29, 1.82) is 0 Å². The van der Waals surface area contributed by atoms with Crippen LogP contribution < -0.4 is 4.74 Å². The van der Waals surface area contributed by atoms with Crippen LogP contribution in [-0.2, 0) is 16.1 Å². The lowest BCUT2D eigenvalue weighted by Crippen LogP contribution is -2.30. The Morgan fingerprint density at radius 2 is 2.30 bits per heavy atom. The Balaban J connectivity index is 0.000000347. The maximum absolute atomic E-state index is 10.5. The molecule has 0 atom stereocenters. The van der Waals surface area contributed by atoms with E-state index in [4.69, 9.17) is 4.74 Å². The first-order valence-corrected chi connectivity index (χ1v) is 6.16. The van der Waals surface area contributed by atoms with Crippen LogP contribution in [0.1, 0.15) is 6.92 Å². The van der Waals surface area contributed by atoms with Crippen LogP contribution >= 0.6 is 0 Å². The zero-order chi connectivity index (χ0) is 15.0. The number of aromatic nitrogens is 2. The molecule has 0 aromatic carbocycles. The summed E-state index contributed by atoms with van der Waals surface area (Å²) in [5, 5.41) is 10.5. The normalized spacial score (nSPS) is 14.7. The minimum atomic E-state index is -0.509. The van der Waals surface area contributed by atoms with E-state index in [1.165, 1.54) is 6.20 Å². The van der Waals surface area contributed by atoms with E-state index in [1.807, 2.05) is 7.05 Å². The molecule has 0 saturated heterocycles. The molecule has 1 aliphatic heterocycles. The fourth-order valence-corrected chi connectivity index (χ4v) is 1.50. The number of imidazole rings is 1. The van der Waals surface area contributed by atoms with Crippen molar-refractivity contribution < 1.29 is 19.2 Å². The molecule has 0 N–H and O–H groups in total. The van der Waals surface area contributed by atoms with Gasteiger partial charge in [0.15, 0.2) is 0 Å². The van der Waals surface area contributed by atoms with Crippen molar-refractivity contribution in [1.82, 2.24) is 14.5 Å². The maximum atomic E-state index is 10.5. The van der Waals surface area contributed by atoms with Crippen molar-refractivity contribution in [2.45, 2.75) is 13.5 Å². The second-order valence-corrected chi connectivity index (χ2v) is 4.04. The molecule has 0 bridgehead atoms. The minimum Gasteiger partial charge on any atom is -0.468 e. The molecule has 20 heavy (non-hydrogen) atoms. The lowest BCUT2D eigenvalue weighted by Gasteiger charge is -2.19. The Morgan fingerprint density at radius 1 is 1.55 bits per heavy atom. The molecule has 112 valence electrons. The van der Waals surface area contributed by atoms with Crippen molar-refractivity contribution in [3.8, 4) is 6.01 Å². The van der Waals surface area contributed by atoms with Gasteiger partial charge in [0.05, 0.1) is 6.61 Å². The van der Waals surface area contributed by atoms with Gasteiger partial charge in [0.1, 0.15) is 12.8 Å². The van der Waals surface area contributed by atoms with Crippen LogP contribution in [0.5, 0.6) is 6.01 Å². The third-order valence-electron chi connectivity index (χ3n) is 2.58. The molecule has 2 rings (SSSR count). The Morgan fingerprint density at radius 3 is 2.85 bits per heavy atom. The second kappa shape index (κ2) is 8.10. The average molecular weight is 286 g/mol. The minimum absolute atomic E-state index is 0.158. The number of hydrogen-bond acceptors (Lipinski definition) is 7. The predicted octanol–water partition coefficient (Wildman–Crippen LogP) is 0.295. The van der Waals surface area contributed by atoms with Crippen LogP contribution in [0.15, 0.2) is 6.20 Å². The third-order valence-corrected chi connectivity index (χ3v) is 2.58. The van der Waals surface area contributed by atoms with E-state index in [9.17, 15) is 14.9 Å². The van der Waals surface area contributed by atoms with E-state index in [2.05, 4.69) is 14.6 Å². The Bertz CT molecular complexity index is 448. The number of nitro groups is 1. The van der Waals surface area contributed by atoms with Gasteiger partial charge < -0.3 is 24.5 Å². The quantitative estimate of drug-likeness (QED) is 0.447. The van der Waals surface area contributed by atoms with E-state index in [0.29, 0.717) is 32.2 Å². The van der Waals surface area contributed by atoms with Gasteiger partial charge in [-0.2, -0.15) is 0 Å². The topological polar surface area (TPSA) is 99.7 Å². The third kappa shape index (κ3) is 4.84. The summed E-state index contributed by atoms with van der Waals surface area (Å²) in [6, 6.07) is 0.342. The lowest BCUT2D eigenvalue weighted by molar-refractivity contribution is -0.389. The molecule has 0 radical (unpaired) electrons. The number of rotatable bonds is 3. The first kappa shape index (κ1) is 15.9. The molecule has 1 aromatic rings. The summed E-state index contributed by atoms with van der Waals surface area (Å²) in [4.78, 5) is 25.1. The highest BCUT2D eigenvalue weighted by Crippen LogP contribution is 2.18. The molecule has 9 nitrogen and oxygen atoms in total. The van der Waals surface area contributed by atoms with E-state index < -0.39 is 4.92 Å². The van der Waals surface area contributed by atoms with Gasteiger partial charge in [-0.15, -0.1) is 0 Å². The smallest absolute Gasteiger partial charge is 0.414 e. The molecule has 0 aliphatic carbocycles. The van der Waals surface area contributed by atoms with Crippen LogP contribution in [0.4, 0.5) is 5.82 Å². The largest absolute Gasteiger partial charge is 0.468 e. The van der Waals surface area contributed by atoms with Crippen molar-refractivity contribution in [2.24, 2.45) is 0 Å². The summed E-state index contributed by atoms with van der Waals surface area (Å²) in [6.07, 6.45) is 1.41. The van der Waals surface area contributed by atoms with Crippen molar-refractivity contribution in [2.75, 3.05) is 33.4 Å². The number of fused-ring (bicyclic) bond motifs is 1. The van der Waals surface area contributed by atoms with E-state index in [1.54, 1.807) is 11.5 Å². The molecule has 0 fully saturated rings. The molecule has 0 amide bonds. The van der Waals surface area contributed by atoms with Crippen LogP contribution in [0.25, 0.3) is 0 Å². The Kier molecular flexibility index (Phi) is 6.44. The highest BCUT2D eigenvalue weighted by Gasteiger charge is 2.21.